The van der Waals surface area contributed by atoms with E-state index in [1.807, 2.05) is 6.92 Å². The van der Waals surface area contributed by atoms with Gasteiger partial charge >= 0.3 is 0 Å². The Morgan fingerprint density at radius 2 is 1.60 bits per heavy atom. The van der Waals surface area contributed by atoms with Crippen LogP contribution in [0.2, 0.25) is 0 Å². The molecule has 25 heavy (non-hydrogen) atoms. The first kappa shape index (κ1) is 18.6. The fourth-order valence-electron chi connectivity index (χ4n) is 4.78. The van der Waals surface area contributed by atoms with Crippen molar-refractivity contribution in [2.75, 3.05) is 0 Å². The lowest BCUT2D eigenvalue weighted by Gasteiger charge is -2.23. The molecule has 7 atom stereocenters. The predicted molar refractivity (Wildman–Crippen MR) is 83.0 cm³/mol. The maximum Gasteiger partial charge on any atom is 0.194 e. The molecule has 1 aromatic rings. The molecule has 0 spiro atoms. The van der Waals surface area contributed by atoms with Crippen LogP contribution in [0.1, 0.15) is 50.5 Å². The van der Waals surface area contributed by atoms with Gasteiger partial charge < -0.3 is 0 Å². The van der Waals surface area contributed by atoms with Crippen LogP contribution in [0.3, 0.4) is 0 Å². The molecule has 3 rings (SSSR count). The second kappa shape index (κ2) is 7.20. The molecule has 0 nitrogen and oxygen atoms in total. The number of halogens is 6. The van der Waals surface area contributed by atoms with E-state index in [9.17, 15) is 26.3 Å². The predicted octanol–water partition coefficient (Wildman–Crippen LogP) is 6.05. The van der Waals surface area contributed by atoms with Crippen LogP contribution in [-0.2, 0) is 0 Å². The maximum absolute atomic E-state index is 14.9. The Morgan fingerprint density at radius 1 is 0.960 bits per heavy atom. The molecule has 2 aliphatic carbocycles. The van der Waals surface area contributed by atoms with E-state index < -0.39 is 53.7 Å². The molecule has 6 heteroatoms. The van der Waals surface area contributed by atoms with Gasteiger partial charge in [-0.3, -0.25) is 0 Å². The van der Waals surface area contributed by atoms with Crippen molar-refractivity contribution >= 4 is 0 Å². The van der Waals surface area contributed by atoms with Crippen LogP contribution >= 0.6 is 0 Å². The molecule has 0 radical (unpaired) electrons. The van der Waals surface area contributed by atoms with E-state index in [1.165, 1.54) is 0 Å². The normalized spacial score (nSPS) is 38.4. The standard InChI is InChI=1S/C19H22F6/c1-2-3-9-4-5-11-16(12(20)6-9)19(25)15(17(11)23)10-7-13(21)18(24)14(22)8-10/h7-9,11-12,15-17,19H,2-6H2,1H3. The topological polar surface area (TPSA) is 0 Å². The summed E-state index contributed by atoms with van der Waals surface area (Å²) in [5.74, 6) is -7.91. The van der Waals surface area contributed by atoms with Crippen molar-refractivity contribution in [2.24, 2.45) is 17.8 Å². The summed E-state index contributed by atoms with van der Waals surface area (Å²) in [7, 11) is 0. The van der Waals surface area contributed by atoms with Crippen molar-refractivity contribution in [3.05, 3.63) is 35.1 Å². The van der Waals surface area contributed by atoms with Crippen LogP contribution in [0.4, 0.5) is 26.3 Å². The minimum absolute atomic E-state index is 0.115. The molecule has 2 aliphatic rings. The number of benzene rings is 1. The minimum atomic E-state index is -1.88. The van der Waals surface area contributed by atoms with Crippen LogP contribution in [0.25, 0.3) is 0 Å². The van der Waals surface area contributed by atoms with Crippen LogP contribution < -0.4 is 0 Å². The van der Waals surface area contributed by atoms with E-state index in [1.54, 1.807) is 0 Å². The van der Waals surface area contributed by atoms with Crippen molar-refractivity contribution in [1.82, 2.24) is 0 Å². The van der Waals surface area contributed by atoms with Gasteiger partial charge in [-0.05, 0) is 48.8 Å². The van der Waals surface area contributed by atoms with Gasteiger partial charge in [0.1, 0.15) is 18.5 Å². The summed E-state index contributed by atoms with van der Waals surface area (Å²) in [5, 5.41) is 0. The third-order valence-corrected chi connectivity index (χ3v) is 5.93. The Labute approximate surface area is 143 Å². The summed E-state index contributed by atoms with van der Waals surface area (Å²) in [5.41, 5.74) is -0.276. The van der Waals surface area contributed by atoms with Crippen molar-refractivity contribution in [2.45, 2.75) is 63.5 Å². The highest BCUT2D eigenvalue weighted by Crippen LogP contribution is 2.53. The van der Waals surface area contributed by atoms with Crippen molar-refractivity contribution in [3.8, 4) is 0 Å². The zero-order valence-electron chi connectivity index (χ0n) is 14.0. The van der Waals surface area contributed by atoms with Crippen molar-refractivity contribution in [3.63, 3.8) is 0 Å². The Kier molecular flexibility index (Phi) is 5.35. The second-order valence-electron chi connectivity index (χ2n) is 7.44. The monoisotopic (exact) mass is 364 g/mol. The highest BCUT2D eigenvalue weighted by atomic mass is 19.2. The van der Waals surface area contributed by atoms with Gasteiger partial charge in [-0.25, -0.2) is 26.3 Å². The summed E-state index contributed by atoms with van der Waals surface area (Å²) < 4.78 is 84.6. The lowest BCUT2D eigenvalue weighted by atomic mass is 9.88. The van der Waals surface area contributed by atoms with Gasteiger partial charge in [0, 0.05) is 11.8 Å². The summed E-state index contributed by atoms with van der Waals surface area (Å²) >= 11 is 0. The minimum Gasteiger partial charge on any atom is -0.247 e. The van der Waals surface area contributed by atoms with Gasteiger partial charge in [0.2, 0.25) is 0 Å². The highest BCUT2D eigenvalue weighted by Gasteiger charge is 2.56. The molecule has 0 bridgehead atoms. The molecule has 1 aromatic carbocycles. The van der Waals surface area contributed by atoms with E-state index in [0.29, 0.717) is 25.0 Å². The SMILES string of the molecule is CCCC1CCC2C(F)C(c3cc(F)c(F)c(F)c3)C(F)C2C(F)C1. The third-order valence-electron chi connectivity index (χ3n) is 5.93. The average Bonchev–Trinajstić information content (AvgIpc) is 2.69. The first-order valence-electron chi connectivity index (χ1n) is 8.91. The Hall–Kier alpha value is -1.20. The largest absolute Gasteiger partial charge is 0.247 e. The number of hydrogen-bond donors (Lipinski definition) is 0. The van der Waals surface area contributed by atoms with Crippen LogP contribution in [0, 0.1) is 35.2 Å². The molecule has 2 fully saturated rings. The van der Waals surface area contributed by atoms with Gasteiger partial charge in [-0.1, -0.05) is 19.8 Å². The summed E-state index contributed by atoms with van der Waals surface area (Å²) in [6, 6.07) is 1.25. The Morgan fingerprint density at radius 3 is 2.20 bits per heavy atom. The fraction of sp³-hybridized carbons (Fsp3) is 0.684. The van der Waals surface area contributed by atoms with Crippen molar-refractivity contribution in [1.29, 1.82) is 0 Å². The first-order chi connectivity index (χ1) is 11.8. The molecule has 0 aliphatic heterocycles. The lowest BCUT2D eigenvalue weighted by Crippen LogP contribution is -2.28. The van der Waals surface area contributed by atoms with E-state index in [0.717, 1.165) is 12.8 Å². The average molecular weight is 364 g/mol. The quantitative estimate of drug-likeness (QED) is 0.453. The summed E-state index contributed by atoms with van der Waals surface area (Å²) in [6.45, 7) is 1.99. The Bertz CT molecular complexity index is 595. The fourth-order valence-corrected chi connectivity index (χ4v) is 4.78. The summed E-state index contributed by atoms with van der Waals surface area (Å²) in [4.78, 5) is 0. The molecule has 2 saturated carbocycles. The van der Waals surface area contributed by atoms with Gasteiger partial charge in [-0.15, -0.1) is 0 Å². The van der Waals surface area contributed by atoms with Gasteiger partial charge in [0.15, 0.2) is 17.5 Å². The molecule has 0 N–H and O–H groups in total. The van der Waals surface area contributed by atoms with Crippen LogP contribution in [0.5, 0.6) is 0 Å². The first-order valence-corrected chi connectivity index (χ1v) is 8.91. The van der Waals surface area contributed by atoms with Gasteiger partial charge in [0.25, 0.3) is 0 Å². The number of hydrogen-bond acceptors (Lipinski definition) is 0. The maximum atomic E-state index is 14.9. The van der Waals surface area contributed by atoms with Crippen LogP contribution in [-0.4, -0.2) is 18.5 Å². The lowest BCUT2D eigenvalue weighted by molar-refractivity contribution is 0.104. The molecule has 0 saturated heterocycles. The molecular weight excluding hydrogens is 342 g/mol. The number of alkyl halides is 3. The smallest absolute Gasteiger partial charge is 0.194 e. The van der Waals surface area contributed by atoms with Crippen LogP contribution in [0.15, 0.2) is 12.1 Å². The zero-order valence-corrected chi connectivity index (χ0v) is 14.0. The summed E-state index contributed by atoms with van der Waals surface area (Å²) in [6.07, 6.45) is -2.18. The third kappa shape index (κ3) is 3.28. The highest BCUT2D eigenvalue weighted by molar-refractivity contribution is 5.28. The van der Waals surface area contributed by atoms with Gasteiger partial charge in [-0.2, -0.15) is 0 Å². The number of fused-ring (bicyclic) bond motifs is 1. The molecular formula is C19H22F6. The Balaban J connectivity index is 1.89. The molecule has 0 amide bonds. The zero-order chi connectivity index (χ0) is 18.3. The molecule has 0 heterocycles. The second-order valence-corrected chi connectivity index (χ2v) is 7.44. The van der Waals surface area contributed by atoms with E-state index in [2.05, 4.69) is 0 Å². The van der Waals surface area contributed by atoms with E-state index in [-0.39, 0.29) is 17.9 Å². The van der Waals surface area contributed by atoms with E-state index in [4.69, 9.17) is 0 Å². The molecule has 0 aromatic heterocycles. The molecule has 7 unspecified atom stereocenters. The number of rotatable bonds is 3. The van der Waals surface area contributed by atoms with E-state index >= 15 is 0 Å². The van der Waals surface area contributed by atoms with Crippen molar-refractivity contribution < 1.29 is 26.3 Å². The molecule has 140 valence electrons. The van der Waals surface area contributed by atoms with Gasteiger partial charge in [0.05, 0.1) is 0 Å².